The molecule has 5 nitrogen and oxygen atoms in total. The lowest BCUT2D eigenvalue weighted by Crippen LogP contribution is -2.41. The number of alkyl carbamates (subject to hydrolysis) is 1. The Morgan fingerprint density at radius 3 is 2.17 bits per heavy atom. The predicted octanol–water partition coefficient (Wildman–Crippen LogP) is 4.80. The summed E-state index contributed by atoms with van der Waals surface area (Å²) in [5.74, 6) is -4.29. The summed E-state index contributed by atoms with van der Waals surface area (Å²) in [6, 6.07) is 14.4. The number of aliphatic carboxylic acids is 1. The van der Waals surface area contributed by atoms with Crippen molar-refractivity contribution < 1.29 is 28.2 Å². The maximum Gasteiger partial charge on any atom is 0.407 e. The third kappa shape index (κ3) is 5.10. The summed E-state index contributed by atoms with van der Waals surface area (Å²) in [7, 11) is 0. The first-order chi connectivity index (χ1) is 13.8. The van der Waals surface area contributed by atoms with E-state index in [2.05, 4.69) is 5.32 Å². The number of rotatable bonds is 8. The molecule has 0 aliphatic heterocycles. The van der Waals surface area contributed by atoms with E-state index in [1.807, 2.05) is 48.5 Å². The Kier molecular flexibility index (Phi) is 6.15. The lowest BCUT2D eigenvalue weighted by atomic mass is 9.98. The molecule has 1 unspecified atom stereocenters. The molecule has 2 aromatic carbocycles. The van der Waals surface area contributed by atoms with Gasteiger partial charge in [0.2, 0.25) is 5.92 Å². The van der Waals surface area contributed by atoms with Crippen LogP contribution in [0.25, 0.3) is 11.1 Å². The number of benzene rings is 2. The third-order valence-electron chi connectivity index (χ3n) is 5.04. The Hall–Kier alpha value is -2.96. The van der Waals surface area contributed by atoms with Crippen molar-refractivity contribution >= 4 is 12.1 Å². The van der Waals surface area contributed by atoms with Crippen molar-refractivity contribution in [1.29, 1.82) is 0 Å². The second-order valence-electron chi connectivity index (χ2n) is 7.32. The van der Waals surface area contributed by atoms with Crippen LogP contribution in [-0.4, -0.2) is 35.7 Å². The van der Waals surface area contributed by atoms with Gasteiger partial charge in [0.1, 0.15) is 12.6 Å². The van der Waals surface area contributed by atoms with Crippen molar-refractivity contribution in [2.75, 3.05) is 6.61 Å². The second kappa shape index (κ2) is 8.59. The highest BCUT2D eigenvalue weighted by atomic mass is 19.3. The van der Waals surface area contributed by atoms with Gasteiger partial charge in [0.05, 0.1) is 0 Å². The van der Waals surface area contributed by atoms with E-state index in [1.54, 1.807) is 0 Å². The summed E-state index contributed by atoms with van der Waals surface area (Å²) in [4.78, 5) is 23.5. The first kappa shape index (κ1) is 20.8. The van der Waals surface area contributed by atoms with Crippen LogP contribution >= 0.6 is 0 Å². The van der Waals surface area contributed by atoms with Gasteiger partial charge in [-0.05, 0) is 42.0 Å². The molecule has 0 spiro atoms. The number of hydrogen-bond donors (Lipinski definition) is 2. The van der Waals surface area contributed by atoms with E-state index < -0.39 is 30.4 Å². The number of carboxylic acid groups (broad SMARTS) is 1. The van der Waals surface area contributed by atoms with Crippen LogP contribution in [0, 0.1) is 0 Å². The van der Waals surface area contributed by atoms with E-state index in [0.717, 1.165) is 29.2 Å². The summed E-state index contributed by atoms with van der Waals surface area (Å²) in [6.45, 7) is 0.834. The highest BCUT2D eigenvalue weighted by Gasteiger charge is 2.30. The Balaban J connectivity index is 1.61. The van der Waals surface area contributed by atoms with Crippen LogP contribution in [0.15, 0.2) is 48.5 Å². The molecular formula is C22H23F2NO4. The van der Waals surface area contributed by atoms with Gasteiger partial charge in [0.25, 0.3) is 0 Å². The molecule has 0 bridgehead atoms. The zero-order chi connectivity index (χ0) is 21.0. The molecule has 1 aliphatic rings. The smallest absolute Gasteiger partial charge is 0.407 e. The van der Waals surface area contributed by atoms with Crippen LogP contribution in [-0.2, 0) is 9.53 Å². The number of hydrogen-bond acceptors (Lipinski definition) is 3. The van der Waals surface area contributed by atoms with Gasteiger partial charge in [0.15, 0.2) is 0 Å². The Labute approximate surface area is 167 Å². The summed E-state index contributed by atoms with van der Waals surface area (Å²) in [5.41, 5.74) is 4.25. The minimum atomic E-state index is -2.87. The monoisotopic (exact) mass is 403 g/mol. The SMILES string of the molecule is CC(F)(F)CCCC(NC(=O)OCC1c2ccccc2-c2ccccc21)C(=O)O. The number of carbonyl (C=O) groups is 2. The molecular weight excluding hydrogens is 380 g/mol. The number of carboxylic acids is 1. The highest BCUT2D eigenvalue weighted by molar-refractivity contribution is 5.81. The fourth-order valence-electron chi connectivity index (χ4n) is 3.66. The van der Waals surface area contributed by atoms with Gasteiger partial charge >= 0.3 is 12.1 Å². The fourth-order valence-corrected chi connectivity index (χ4v) is 3.66. The van der Waals surface area contributed by atoms with Gasteiger partial charge in [-0.3, -0.25) is 0 Å². The minimum Gasteiger partial charge on any atom is -0.480 e. The Morgan fingerprint density at radius 1 is 1.10 bits per heavy atom. The second-order valence-corrected chi connectivity index (χ2v) is 7.32. The molecule has 1 aliphatic carbocycles. The van der Waals surface area contributed by atoms with Crippen molar-refractivity contribution in [2.45, 2.75) is 44.1 Å². The Bertz CT molecular complexity index is 849. The molecule has 1 amide bonds. The van der Waals surface area contributed by atoms with Crippen molar-refractivity contribution in [3.05, 3.63) is 59.7 Å². The molecule has 0 aromatic heterocycles. The number of amides is 1. The average Bonchev–Trinajstić information content (AvgIpc) is 2.98. The van der Waals surface area contributed by atoms with Gasteiger partial charge in [-0.25, -0.2) is 18.4 Å². The molecule has 2 aromatic rings. The molecule has 0 radical (unpaired) electrons. The van der Waals surface area contributed by atoms with Gasteiger partial charge in [-0.2, -0.15) is 0 Å². The maximum atomic E-state index is 12.9. The van der Waals surface area contributed by atoms with Crippen molar-refractivity contribution in [1.82, 2.24) is 5.32 Å². The number of carbonyl (C=O) groups excluding carboxylic acids is 1. The number of fused-ring (bicyclic) bond motifs is 3. The normalized spacial score (nSPS) is 14.0. The van der Waals surface area contributed by atoms with Crippen LogP contribution in [0.3, 0.4) is 0 Å². The minimum absolute atomic E-state index is 0.0237. The van der Waals surface area contributed by atoms with E-state index in [-0.39, 0.29) is 25.4 Å². The van der Waals surface area contributed by atoms with Gasteiger partial charge < -0.3 is 15.2 Å². The third-order valence-corrected chi connectivity index (χ3v) is 5.04. The highest BCUT2D eigenvalue weighted by Crippen LogP contribution is 2.44. The van der Waals surface area contributed by atoms with Gasteiger partial charge in [-0.1, -0.05) is 48.5 Å². The number of nitrogens with one attached hydrogen (secondary N) is 1. The number of halogens is 2. The van der Waals surface area contributed by atoms with Crippen molar-refractivity contribution in [3.63, 3.8) is 0 Å². The lowest BCUT2D eigenvalue weighted by Gasteiger charge is -2.18. The van der Waals surface area contributed by atoms with Gasteiger partial charge in [-0.15, -0.1) is 0 Å². The molecule has 29 heavy (non-hydrogen) atoms. The molecule has 0 saturated carbocycles. The summed E-state index contributed by atoms with van der Waals surface area (Å²) >= 11 is 0. The zero-order valence-corrected chi connectivity index (χ0v) is 16.0. The topological polar surface area (TPSA) is 75.6 Å². The molecule has 154 valence electrons. The van der Waals surface area contributed by atoms with Gasteiger partial charge in [0, 0.05) is 12.3 Å². The maximum absolute atomic E-state index is 12.9. The summed E-state index contributed by atoms with van der Waals surface area (Å²) in [6.07, 6.45) is -1.43. The largest absolute Gasteiger partial charge is 0.480 e. The van der Waals surface area contributed by atoms with Crippen LogP contribution in [0.5, 0.6) is 0 Å². The summed E-state index contributed by atoms with van der Waals surface area (Å²) < 4.78 is 31.1. The molecule has 0 fully saturated rings. The molecule has 1 atom stereocenters. The summed E-state index contributed by atoms with van der Waals surface area (Å²) in [5, 5.41) is 11.5. The van der Waals surface area contributed by atoms with Crippen molar-refractivity contribution in [2.24, 2.45) is 0 Å². The van der Waals surface area contributed by atoms with Crippen LogP contribution in [0.1, 0.15) is 43.2 Å². The average molecular weight is 403 g/mol. The standard InChI is InChI=1S/C22H23F2NO4/c1-22(23,24)12-6-11-19(20(26)27)25-21(28)29-13-18-16-9-4-2-7-14(16)15-8-3-5-10-17(15)18/h2-5,7-10,18-19H,6,11-13H2,1H3,(H,25,28)(H,26,27). The van der Waals surface area contributed by atoms with Crippen LogP contribution in [0.4, 0.5) is 13.6 Å². The number of alkyl halides is 2. The van der Waals surface area contributed by atoms with Crippen LogP contribution in [0.2, 0.25) is 0 Å². The fraction of sp³-hybridized carbons (Fsp3) is 0.364. The lowest BCUT2D eigenvalue weighted by molar-refractivity contribution is -0.139. The first-order valence-electron chi connectivity index (χ1n) is 9.48. The van der Waals surface area contributed by atoms with E-state index in [9.17, 15) is 23.5 Å². The molecule has 0 saturated heterocycles. The number of ether oxygens (including phenoxy) is 1. The molecule has 7 heteroatoms. The van der Waals surface area contributed by atoms with E-state index in [4.69, 9.17) is 4.74 Å². The Morgan fingerprint density at radius 2 is 1.66 bits per heavy atom. The van der Waals surface area contributed by atoms with Crippen molar-refractivity contribution in [3.8, 4) is 11.1 Å². The molecule has 0 heterocycles. The first-order valence-corrected chi connectivity index (χ1v) is 9.48. The van der Waals surface area contributed by atoms with Crippen LogP contribution < -0.4 is 5.32 Å². The molecule has 3 rings (SSSR count). The predicted molar refractivity (Wildman–Crippen MR) is 104 cm³/mol. The van der Waals surface area contributed by atoms with E-state index in [1.165, 1.54) is 0 Å². The zero-order valence-electron chi connectivity index (χ0n) is 16.0. The van der Waals surface area contributed by atoms with E-state index >= 15 is 0 Å². The quantitative estimate of drug-likeness (QED) is 0.664. The van der Waals surface area contributed by atoms with E-state index in [0.29, 0.717) is 0 Å². The molecule has 2 N–H and O–H groups in total.